The lowest BCUT2D eigenvalue weighted by Gasteiger charge is -2.47. The molecule has 3 fully saturated rings. The van der Waals surface area contributed by atoms with Crippen LogP contribution < -0.4 is 5.32 Å². The maximum Gasteiger partial charge on any atom is 0.418 e. The molecule has 7 heteroatoms. The summed E-state index contributed by atoms with van der Waals surface area (Å²) in [5, 5.41) is 11.7. The first-order valence-corrected chi connectivity index (χ1v) is 7.29. The van der Waals surface area contributed by atoms with Crippen molar-refractivity contribution >= 4 is 5.69 Å². The fourth-order valence-corrected chi connectivity index (χ4v) is 3.15. The van der Waals surface area contributed by atoms with E-state index in [1.165, 1.54) is 12.1 Å². The Hall–Kier alpha value is -1.78. The molecule has 0 saturated carbocycles. The molecule has 3 aliphatic heterocycles. The summed E-state index contributed by atoms with van der Waals surface area (Å²) < 4.78 is 39.3. The maximum atomic E-state index is 13.1. The third-order valence-corrected chi connectivity index (χ3v) is 4.37. The lowest BCUT2D eigenvalue weighted by molar-refractivity contribution is -0.137. The van der Waals surface area contributed by atoms with Crippen molar-refractivity contribution in [3.8, 4) is 6.07 Å². The Morgan fingerprint density at radius 3 is 2.50 bits per heavy atom. The van der Waals surface area contributed by atoms with Gasteiger partial charge in [0, 0.05) is 51.0 Å². The van der Waals surface area contributed by atoms with Crippen LogP contribution in [0.5, 0.6) is 0 Å². The van der Waals surface area contributed by atoms with Crippen molar-refractivity contribution in [2.75, 3.05) is 44.6 Å². The van der Waals surface area contributed by atoms with Gasteiger partial charge >= 0.3 is 6.18 Å². The Morgan fingerprint density at radius 2 is 1.95 bits per heavy atom. The van der Waals surface area contributed by atoms with Crippen molar-refractivity contribution in [2.24, 2.45) is 0 Å². The first kappa shape index (κ1) is 15.1. The molecule has 3 heterocycles. The molecule has 0 aromatic heterocycles. The molecule has 3 saturated heterocycles. The van der Waals surface area contributed by atoms with E-state index in [2.05, 4.69) is 15.1 Å². The molecular formula is C15H17F3N4. The van der Waals surface area contributed by atoms with Crippen LogP contribution in [0.25, 0.3) is 0 Å². The van der Waals surface area contributed by atoms with Crippen molar-refractivity contribution in [3.63, 3.8) is 0 Å². The Labute approximate surface area is 127 Å². The van der Waals surface area contributed by atoms with Crippen LogP contribution in [-0.4, -0.2) is 55.1 Å². The number of benzene rings is 1. The predicted molar refractivity (Wildman–Crippen MR) is 76.4 cm³/mol. The highest BCUT2D eigenvalue weighted by atomic mass is 19.4. The van der Waals surface area contributed by atoms with Crippen LogP contribution in [0, 0.1) is 11.3 Å². The lowest BCUT2D eigenvalue weighted by atomic mass is 10.1. The molecule has 4 rings (SSSR count). The second-order valence-electron chi connectivity index (χ2n) is 5.74. The minimum absolute atomic E-state index is 0.0180. The standard InChI is InChI=1S/C15H17F3N4/c16-15(17,18)13-7-11(8-19)1-2-14(13)20-9-12-10-21-3-5-22(12)6-4-21/h1-2,7,12,20H,3-6,9-10H2. The number of nitrogens with zero attached hydrogens (tertiary/aromatic N) is 3. The van der Waals surface area contributed by atoms with E-state index < -0.39 is 11.7 Å². The van der Waals surface area contributed by atoms with Crippen LogP contribution in [0.2, 0.25) is 0 Å². The van der Waals surface area contributed by atoms with Gasteiger partial charge in [0.15, 0.2) is 0 Å². The number of hydrogen-bond donors (Lipinski definition) is 1. The van der Waals surface area contributed by atoms with E-state index in [0.717, 1.165) is 38.8 Å². The second-order valence-corrected chi connectivity index (χ2v) is 5.74. The quantitative estimate of drug-likeness (QED) is 0.927. The number of alkyl halides is 3. The fourth-order valence-electron chi connectivity index (χ4n) is 3.15. The Balaban J connectivity index is 1.74. The molecule has 0 radical (unpaired) electrons. The van der Waals surface area contributed by atoms with Gasteiger partial charge in [0.2, 0.25) is 0 Å². The highest BCUT2D eigenvalue weighted by molar-refractivity contribution is 5.56. The zero-order valence-corrected chi connectivity index (χ0v) is 12.0. The summed E-state index contributed by atoms with van der Waals surface area (Å²) in [6, 6.07) is 5.65. The van der Waals surface area contributed by atoms with Crippen molar-refractivity contribution < 1.29 is 13.2 Å². The normalized spacial score (nSPS) is 27.5. The van der Waals surface area contributed by atoms with E-state index in [-0.39, 0.29) is 17.3 Å². The molecule has 3 aliphatic rings. The van der Waals surface area contributed by atoms with E-state index in [9.17, 15) is 13.2 Å². The Morgan fingerprint density at radius 1 is 1.23 bits per heavy atom. The summed E-state index contributed by atoms with van der Waals surface area (Å²) in [6.45, 7) is 5.41. The van der Waals surface area contributed by atoms with Crippen LogP contribution in [0.4, 0.5) is 18.9 Å². The average Bonchev–Trinajstić information content (AvgIpc) is 2.53. The van der Waals surface area contributed by atoms with Crippen molar-refractivity contribution in [2.45, 2.75) is 12.2 Å². The van der Waals surface area contributed by atoms with Gasteiger partial charge in [-0.3, -0.25) is 9.80 Å². The van der Waals surface area contributed by atoms with Gasteiger partial charge in [0.05, 0.1) is 17.2 Å². The van der Waals surface area contributed by atoms with Crippen molar-refractivity contribution in [3.05, 3.63) is 29.3 Å². The summed E-state index contributed by atoms with van der Waals surface area (Å²) >= 11 is 0. The molecule has 1 aromatic rings. The second kappa shape index (κ2) is 5.78. The van der Waals surface area contributed by atoms with E-state index in [0.29, 0.717) is 6.54 Å². The van der Waals surface area contributed by atoms with Crippen molar-refractivity contribution in [1.82, 2.24) is 9.80 Å². The molecule has 0 amide bonds. The van der Waals surface area contributed by atoms with Crippen LogP contribution in [0.15, 0.2) is 18.2 Å². The molecule has 0 aliphatic carbocycles. The van der Waals surface area contributed by atoms with Gasteiger partial charge in [-0.1, -0.05) is 0 Å². The maximum absolute atomic E-state index is 13.1. The van der Waals surface area contributed by atoms with Gasteiger partial charge in [0.1, 0.15) is 0 Å². The SMILES string of the molecule is N#Cc1ccc(NCC2CN3CCN2CC3)c(C(F)(F)F)c1. The lowest BCUT2D eigenvalue weighted by Crippen LogP contribution is -2.62. The predicted octanol–water partition coefficient (Wildman–Crippen LogP) is 1.99. The highest BCUT2D eigenvalue weighted by Gasteiger charge is 2.35. The number of piperazine rings is 3. The van der Waals surface area contributed by atoms with Gasteiger partial charge in [-0.05, 0) is 18.2 Å². The summed E-state index contributed by atoms with van der Waals surface area (Å²) in [4.78, 5) is 4.67. The topological polar surface area (TPSA) is 42.3 Å². The molecule has 1 unspecified atom stereocenters. The number of fused-ring (bicyclic) bond motifs is 3. The van der Waals surface area contributed by atoms with Gasteiger partial charge in [-0.25, -0.2) is 0 Å². The first-order chi connectivity index (χ1) is 10.5. The Bertz CT molecular complexity index is 585. The Kier molecular flexibility index (Phi) is 3.98. The van der Waals surface area contributed by atoms with Gasteiger partial charge in [0.25, 0.3) is 0 Å². The summed E-state index contributed by atoms with van der Waals surface area (Å²) in [6.07, 6.45) is -4.47. The van der Waals surface area contributed by atoms with Crippen LogP contribution in [0.3, 0.4) is 0 Å². The van der Waals surface area contributed by atoms with Crippen LogP contribution >= 0.6 is 0 Å². The molecule has 1 atom stereocenters. The third-order valence-electron chi connectivity index (χ3n) is 4.37. The molecule has 22 heavy (non-hydrogen) atoms. The average molecular weight is 310 g/mol. The molecule has 1 N–H and O–H groups in total. The zero-order chi connectivity index (χ0) is 15.7. The first-order valence-electron chi connectivity index (χ1n) is 7.29. The highest BCUT2D eigenvalue weighted by Crippen LogP contribution is 2.35. The van der Waals surface area contributed by atoms with E-state index >= 15 is 0 Å². The number of anilines is 1. The van der Waals surface area contributed by atoms with Gasteiger partial charge in [-0.15, -0.1) is 0 Å². The largest absolute Gasteiger partial charge is 0.418 e. The molecular weight excluding hydrogens is 293 g/mol. The summed E-state index contributed by atoms with van der Waals surface area (Å²) in [7, 11) is 0. The van der Waals surface area contributed by atoms with E-state index in [1.54, 1.807) is 6.07 Å². The molecule has 4 nitrogen and oxygen atoms in total. The van der Waals surface area contributed by atoms with Crippen LogP contribution in [-0.2, 0) is 6.18 Å². The smallest absolute Gasteiger partial charge is 0.383 e. The number of halogens is 3. The van der Waals surface area contributed by atoms with Gasteiger partial charge in [-0.2, -0.15) is 18.4 Å². The number of nitrogens with one attached hydrogen (secondary N) is 1. The molecule has 1 aromatic carbocycles. The number of nitriles is 1. The number of rotatable bonds is 3. The van der Waals surface area contributed by atoms with E-state index in [1.807, 2.05) is 0 Å². The molecule has 2 bridgehead atoms. The summed E-state index contributed by atoms with van der Waals surface area (Å²) in [5.74, 6) is 0. The molecule has 0 spiro atoms. The third kappa shape index (κ3) is 3.03. The monoisotopic (exact) mass is 310 g/mol. The number of hydrogen-bond acceptors (Lipinski definition) is 4. The summed E-state index contributed by atoms with van der Waals surface area (Å²) in [5.41, 5.74) is -0.712. The van der Waals surface area contributed by atoms with Crippen LogP contribution in [0.1, 0.15) is 11.1 Å². The zero-order valence-electron chi connectivity index (χ0n) is 12.0. The van der Waals surface area contributed by atoms with E-state index in [4.69, 9.17) is 5.26 Å². The minimum Gasteiger partial charge on any atom is -0.383 e. The van der Waals surface area contributed by atoms with Gasteiger partial charge < -0.3 is 5.32 Å². The minimum atomic E-state index is -4.47. The molecule has 118 valence electrons. The van der Waals surface area contributed by atoms with Crippen molar-refractivity contribution in [1.29, 1.82) is 5.26 Å². The fraction of sp³-hybridized carbons (Fsp3) is 0.533.